The SMILES string of the molecule is CC(C)CCC[C@@H](C)[C@H]1CC[C@H]2[C@@H]3CCC4C[C@@H](CCCC(c5cc(Cl)c(O)c(C(=O)N[C@@H](CCC(=O)O)C(=O)O)c5)c5cc(Cl)c(O)c(C(=O)N[C@@H](CCC(=O)O)C(=O)O)c5)CC[C@]4(C)[C@H]3CC[C@]12C. The molecule has 4 aliphatic rings. The molecular weight excluding hydrogens is 952 g/mol. The van der Waals surface area contributed by atoms with Gasteiger partial charge in [-0.3, -0.25) is 19.2 Å². The van der Waals surface area contributed by atoms with E-state index >= 15 is 0 Å². The first-order valence-corrected chi connectivity index (χ1v) is 26.8. The first-order valence-electron chi connectivity index (χ1n) is 26.0. The minimum atomic E-state index is -1.60. The summed E-state index contributed by atoms with van der Waals surface area (Å²) in [6, 6.07) is 2.40. The zero-order valence-electron chi connectivity index (χ0n) is 42.0. The fourth-order valence-corrected chi connectivity index (χ4v) is 14.7. The fourth-order valence-electron chi connectivity index (χ4n) is 14.3. The van der Waals surface area contributed by atoms with Crippen molar-refractivity contribution in [2.24, 2.45) is 58.2 Å². The number of hydrogen-bond donors (Lipinski definition) is 8. The Hall–Kier alpha value is -4.56. The van der Waals surface area contributed by atoms with Crippen LogP contribution < -0.4 is 10.6 Å². The Morgan fingerprint density at radius 1 is 0.634 bits per heavy atom. The fraction of sp³-hybridized carbons (Fsp3) is 0.673. The van der Waals surface area contributed by atoms with E-state index < -0.39 is 90.9 Å². The Morgan fingerprint density at radius 3 is 1.66 bits per heavy atom. The first kappa shape index (κ1) is 55.7. The van der Waals surface area contributed by atoms with E-state index in [0.29, 0.717) is 46.6 Å². The molecule has 14 nitrogen and oxygen atoms in total. The largest absolute Gasteiger partial charge is 0.506 e. The molecule has 71 heavy (non-hydrogen) atoms. The molecule has 0 saturated heterocycles. The van der Waals surface area contributed by atoms with Gasteiger partial charge in [-0.1, -0.05) is 89.9 Å². The third-order valence-corrected chi connectivity index (χ3v) is 18.6. The minimum absolute atomic E-state index is 0.241. The van der Waals surface area contributed by atoms with Gasteiger partial charge in [0.25, 0.3) is 11.8 Å². The van der Waals surface area contributed by atoms with E-state index in [4.69, 9.17) is 33.4 Å². The topological polar surface area (TPSA) is 248 Å². The number of amides is 2. The van der Waals surface area contributed by atoms with Crippen molar-refractivity contribution in [1.29, 1.82) is 0 Å². The lowest BCUT2D eigenvalue weighted by atomic mass is 9.44. The maximum atomic E-state index is 13.7. The van der Waals surface area contributed by atoms with Crippen molar-refractivity contribution in [2.75, 3.05) is 0 Å². The van der Waals surface area contributed by atoms with Crippen molar-refractivity contribution in [1.82, 2.24) is 10.6 Å². The maximum Gasteiger partial charge on any atom is 0.326 e. The Labute approximate surface area is 428 Å². The van der Waals surface area contributed by atoms with Crippen LogP contribution in [0.3, 0.4) is 0 Å². The maximum absolute atomic E-state index is 13.7. The van der Waals surface area contributed by atoms with Crippen LogP contribution >= 0.6 is 23.2 Å². The van der Waals surface area contributed by atoms with Gasteiger partial charge in [0.2, 0.25) is 0 Å². The summed E-state index contributed by atoms with van der Waals surface area (Å²) in [5, 5.41) is 64.1. The van der Waals surface area contributed by atoms with Gasteiger partial charge in [-0.25, -0.2) is 9.59 Å². The number of phenols is 2. The summed E-state index contributed by atoms with van der Waals surface area (Å²) >= 11 is 13.2. The van der Waals surface area contributed by atoms with E-state index in [0.717, 1.165) is 54.8 Å². The second-order valence-corrected chi connectivity index (χ2v) is 23.5. The van der Waals surface area contributed by atoms with Gasteiger partial charge in [0.15, 0.2) is 0 Å². The van der Waals surface area contributed by atoms with Gasteiger partial charge in [0.05, 0.1) is 21.2 Å². The summed E-state index contributed by atoms with van der Waals surface area (Å²) in [6.07, 6.45) is 15.3. The molecule has 0 aromatic heterocycles. The molecule has 2 aromatic carbocycles. The van der Waals surface area contributed by atoms with E-state index in [1.807, 2.05) is 0 Å². The van der Waals surface area contributed by atoms with Crippen LogP contribution in [0.1, 0.15) is 194 Å². The van der Waals surface area contributed by atoms with Gasteiger partial charge in [-0.05, 0) is 171 Å². The third-order valence-electron chi connectivity index (χ3n) is 18.0. The molecule has 4 fully saturated rings. The number of fused-ring (bicyclic) bond motifs is 5. The van der Waals surface area contributed by atoms with Gasteiger partial charge in [-0.2, -0.15) is 0 Å². The predicted octanol–water partition coefficient (Wildman–Crippen LogP) is 11.5. The Balaban J connectivity index is 1.22. The number of hydrogen-bond acceptors (Lipinski definition) is 8. The highest BCUT2D eigenvalue weighted by Gasteiger charge is 2.60. The summed E-state index contributed by atoms with van der Waals surface area (Å²) in [6.45, 7) is 12.4. The number of carboxylic acids is 4. The second kappa shape index (κ2) is 23.5. The number of nitrogens with one attached hydrogen (secondary N) is 2. The van der Waals surface area contributed by atoms with E-state index in [9.17, 15) is 49.2 Å². The monoisotopic (exact) mass is 1030 g/mol. The van der Waals surface area contributed by atoms with Crippen molar-refractivity contribution < 1.29 is 59.4 Å². The second-order valence-electron chi connectivity index (χ2n) is 22.7. The zero-order valence-corrected chi connectivity index (χ0v) is 43.5. The Bertz CT molecular complexity index is 2200. The molecule has 392 valence electrons. The van der Waals surface area contributed by atoms with Crippen molar-refractivity contribution in [3.63, 3.8) is 0 Å². The number of carbonyl (C=O) groups is 6. The van der Waals surface area contributed by atoms with Gasteiger partial charge < -0.3 is 41.3 Å². The van der Waals surface area contributed by atoms with Gasteiger partial charge in [0.1, 0.15) is 23.6 Å². The van der Waals surface area contributed by atoms with Crippen LogP contribution in [0, 0.1) is 58.2 Å². The molecule has 0 radical (unpaired) electrons. The Morgan fingerprint density at radius 2 is 1.15 bits per heavy atom. The van der Waals surface area contributed by atoms with E-state index in [1.165, 1.54) is 88.5 Å². The van der Waals surface area contributed by atoms with Gasteiger partial charge in [-0.15, -0.1) is 0 Å². The van der Waals surface area contributed by atoms with Gasteiger partial charge in [0, 0.05) is 18.8 Å². The number of benzene rings is 2. The average Bonchev–Trinajstić information content (AvgIpc) is 3.66. The van der Waals surface area contributed by atoms with E-state index in [-0.39, 0.29) is 21.2 Å². The van der Waals surface area contributed by atoms with Crippen LogP contribution in [0.4, 0.5) is 0 Å². The van der Waals surface area contributed by atoms with Crippen LogP contribution in [0.5, 0.6) is 11.5 Å². The standard InChI is InChI=1S/C55H76Cl2N2O12/c1-29(2)8-6-9-30(3)39-14-15-40-36-13-12-34-24-31(20-22-54(34,4)41(36)21-23-55(39,40)5)10-7-11-35(32-25-37(48(64)42(56)27-32)50(66)58-44(52(68)69)16-18-46(60)61)33-26-38(49(65)43(57)28-33)51(67)59-45(53(70)71)17-19-47(62)63/h25-31,34-36,39-41,44-45,64-65H,6-24H2,1-5H3,(H,58,66)(H,59,67)(H,60,61)(H,62,63)(H,68,69)(H,70,71)/t30-,31+,34?,36+,39-,40+,41+,44+,45+,54+,55-/m1/s1. The van der Waals surface area contributed by atoms with Crippen molar-refractivity contribution >= 4 is 58.9 Å². The number of rotatable bonds is 23. The summed E-state index contributed by atoms with van der Waals surface area (Å²) in [4.78, 5) is 73.8. The molecule has 0 spiro atoms. The molecule has 0 bridgehead atoms. The lowest BCUT2D eigenvalue weighted by Gasteiger charge is -2.61. The lowest BCUT2D eigenvalue weighted by Crippen LogP contribution is -2.53. The molecule has 11 atom stereocenters. The van der Waals surface area contributed by atoms with Crippen LogP contribution in [0.15, 0.2) is 24.3 Å². The smallest absolute Gasteiger partial charge is 0.326 e. The first-order chi connectivity index (χ1) is 33.4. The number of carboxylic acid groups (broad SMARTS) is 4. The zero-order chi connectivity index (χ0) is 52.1. The lowest BCUT2D eigenvalue weighted by molar-refractivity contribution is -0.142. The molecule has 4 saturated carbocycles. The summed E-state index contributed by atoms with van der Waals surface area (Å²) in [5.41, 5.74) is 0.736. The van der Waals surface area contributed by atoms with Crippen LogP contribution in [-0.4, -0.2) is 78.4 Å². The highest BCUT2D eigenvalue weighted by atomic mass is 35.5. The summed E-state index contributed by atoms with van der Waals surface area (Å²) in [5.74, 6) is -3.75. The molecule has 8 N–H and O–H groups in total. The molecular formula is C55H76Cl2N2O12. The molecule has 4 aliphatic carbocycles. The number of aromatic hydroxyl groups is 2. The number of carbonyl (C=O) groups excluding carboxylic acids is 2. The van der Waals surface area contributed by atoms with E-state index in [1.54, 1.807) is 0 Å². The van der Waals surface area contributed by atoms with Crippen LogP contribution in [0.25, 0.3) is 0 Å². The number of phenolic OH excluding ortho intramolecular Hbond substituents is 2. The molecule has 2 amide bonds. The van der Waals surface area contributed by atoms with E-state index in [2.05, 4.69) is 45.3 Å². The summed E-state index contributed by atoms with van der Waals surface area (Å²) in [7, 11) is 0. The number of halogens is 2. The van der Waals surface area contributed by atoms with Crippen LogP contribution in [0.2, 0.25) is 10.0 Å². The molecule has 0 heterocycles. The van der Waals surface area contributed by atoms with Crippen molar-refractivity contribution in [2.45, 2.75) is 175 Å². The van der Waals surface area contributed by atoms with Crippen molar-refractivity contribution in [3.8, 4) is 11.5 Å². The normalized spacial score (nSPS) is 27.2. The minimum Gasteiger partial charge on any atom is -0.506 e. The van der Waals surface area contributed by atoms with Crippen LogP contribution in [-0.2, 0) is 19.2 Å². The molecule has 16 heteroatoms. The predicted molar refractivity (Wildman–Crippen MR) is 270 cm³/mol. The molecule has 1 unspecified atom stereocenters. The van der Waals surface area contributed by atoms with Crippen molar-refractivity contribution in [3.05, 3.63) is 56.6 Å². The average molecular weight is 1030 g/mol. The molecule has 2 aromatic rings. The highest BCUT2D eigenvalue weighted by Crippen LogP contribution is 2.69. The van der Waals surface area contributed by atoms with Gasteiger partial charge >= 0.3 is 23.9 Å². The Kier molecular flexibility index (Phi) is 18.5. The molecule has 6 rings (SSSR count). The molecule has 0 aliphatic heterocycles. The third kappa shape index (κ3) is 12.8. The number of aliphatic carboxylic acids is 4. The quantitative estimate of drug-likeness (QED) is 0.0518. The highest BCUT2D eigenvalue weighted by molar-refractivity contribution is 6.33. The summed E-state index contributed by atoms with van der Waals surface area (Å²) < 4.78 is 0.